The van der Waals surface area contributed by atoms with Crippen LogP contribution in [0.1, 0.15) is 42.3 Å². The standard InChI is InChI=1S/C19H21N3O2/c1-19(2,3)14-7-5-13(6-8-14)17(23)20-11-12-4-9-15-16(10-12)22-18(24)21-15/h4-10H,11H2,1-3H3,(H,20,23)(H2,21,22,24). The Morgan fingerprint density at radius 2 is 1.67 bits per heavy atom. The average molecular weight is 323 g/mol. The van der Waals surface area contributed by atoms with Gasteiger partial charge < -0.3 is 15.3 Å². The maximum Gasteiger partial charge on any atom is 0.323 e. The Morgan fingerprint density at radius 3 is 2.33 bits per heavy atom. The normalized spacial score (nSPS) is 11.6. The van der Waals surface area contributed by atoms with Crippen molar-refractivity contribution in [2.24, 2.45) is 0 Å². The number of rotatable bonds is 3. The Balaban J connectivity index is 1.68. The molecule has 2 aromatic carbocycles. The van der Waals surface area contributed by atoms with Crippen molar-refractivity contribution in [1.82, 2.24) is 15.3 Å². The highest BCUT2D eigenvalue weighted by molar-refractivity contribution is 5.94. The van der Waals surface area contributed by atoms with Gasteiger partial charge in [0, 0.05) is 12.1 Å². The molecule has 1 heterocycles. The molecule has 1 amide bonds. The Bertz CT molecular complexity index is 928. The molecule has 0 fully saturated rings. The highest BCUT2D eigenvalue weighted by Gasteiger charge is 2.14. The maximum atomic E-state index is 12.3. The van der Waals surface area contributed by atoms with Gasteiger partial charge in [0.05, 0.1) is 11.0 Å². The number of carbonyl (C=O) groups excluding carboxylic acids is 1. The van der Waals surface area contributed by atoms with Gasteiger partial charge >= 0.3 is 5.69 Å². The predicted octanol–water partition coefficient (Wildman–Crippen LogP) is 3.08. The fraction of sp³-hybridized carbons (Fsp3) is 0.263. The fourth-order valence-corrected chi connectivity index (χ4v) is 2.60. The summed E-state index contributed by atoms with van der Waals surface area (Å²) >= 11 is 0. The molecule has 3 N–H and O–H groups in total. The third-order valence-electron chi connectivity index (χ3n) is 4.05. The van der Waals surface area contributed by atoms with Gasteiger partial charge in [-0.2, -0.15) is 0 Å². The largest absolute Gasteiger partial charge is 0.348 e. The molecule has 0 aliphatic rings. The first-order valence-electron chi connectivity index (χ1n) is 7.92. The topological polar surface area (TPSA) is 77.8 Å². The van der Waals surface area contributed by atoms with E-state index < -0.39 is 0 Å². The molecule has 124 valence electrons. The van der Waals surface area contributed by atoms with Gasteiger partial charge in [0.1, 0.15) is 0 Å². The van der Waals surface area contributed by atoms with Crippen LogP contribution in [-0.4, -0.2) is 15.9 Å². The van der Waals surface area contributed by atoms with Gasteiger partial charge in [-0.05, 0) is 40.8 Å². The van der Waals surface area contributed by atoms with Crippen LogP contribution >= 0.6 is 0 Å². The lowest BCUT2D eigenvalue weighted by Crippen LogP contribution is -2.23. The number of H-pyrrole nitrogens is 2. The van der Waals surface area contributed by atoms with Crippen LogP contribution in [0, 0.1) is 0 Å². The predicted molar refractivity (Wildman–Crippen MR) is 95.2 cm³/mol. The summed E-state index contributed by atoms with van der Waals surface area (Å²) in [5.74, 6) is -0.113. The van der Waals surface area contributed by atoms with E-state index in [9.17, 15) is 9.59 Å². The maximum absolute atomic E-state index is 12.3. The summed E-state index contributed by atoms with van der Waals surface area (Å²) in [6, 6.07) is 13.3. The first-order valence-corrected chi connectivity index (χ1v) is 7.92. The minimum atomic E-state index is -0.231. The average Bonchev–Trinajstić information content (AvgIpc) is 2.91. The number of imidazole rings is 1. The van der Waals surface area contributed by atoms with E-state index in [1.165, 1.54) is 5.56 Å². The molecule has 0 spiro atoms. The summed E-state index contributed by atoms with van der Waals surface area (Å²) in [6.07, 6.45) is 0. The van der Waals surface area contributed by atoms with Gasteiger partial charge in [-0.3, -0.25) is 4.79 Å². The highest BCUT2D eigenvalue weighted by Crippen LogP contribution is 2.22. The van der Waals surface area contributed by atoms with Crippen molar-refractivity contribution < 1.29 is 4.79 Å². The summed E-state index contributed by atoms with van der Waals surface area (Å²) in [6.45, 7) is 6.83. The van der Waals surface area contributed by atoms with E-state index in [1.54, 1.807) is 0 Å². The first-order chi connectivity index (χ1) is 11.3. The van der Waals surface area contributed by atoms with E-state index >= 15 is 0 Å². The Labute approximate surface area is 140 Å². The van der Waals surface area contributed by atoms with E-state index in [0.29, 0.717) is 12.1 Å². The van der Waals surface area contributed by atoms with Crippen molar-refractivity contribution in [3.05, 3.63) is 69.6 Å². The number of fused-ring (bicyclic) bond motifs is 1. The van der Waals surface area contributed by atoms with Crippen LogP contribution in [-0.2, 0) is 12.0 Å². The van der Waals surface area contributed by atoms with Crippen LogP contribution in [0.15, 0.2) is 47.3 Å². The number of carbonyl (C=O) groups is 1. The number of nitrogens with one attached hydrogen (secondary N) is 3. The Hall–Kier alpha value is -2.82. The van der Waals surface area contributed by atoms with E-state index in [4.69, 9.17) is 0 Å². The molecule has 24 heavy (non-hydrogen) atoms. The molecule has 0 saturated carbocycles. The number of amides is 1. The van der Waals surface area contributed by atoms with Gasteiger partial charge in [0.2, 0.25) is 0 Å². The molecule has 0 aliphatic carbocycles. The SMILES string of the molecule is CC(C)(C)c1ccc(C(=O)NCc2ccc3[nH]c(=O)[nH]c3c2)cc1. The van der Waals surface area contributed by atoms with E-state index in [1.807, 2.05) is 42.5 Å². The fourth-order valence-electron chi connectivity index (χ4n) is 2.60. The van der Waals surface area contributed by atoms with Gasteiger partial charge in [-0.1, -0.05) is 39.0 Å². The molecule has 0 bridgehead atoms. The van der Waals surface area contributed by atoms with E-state index in [0.717, 1.165) is 16.6 Å². The van der Waals surface area contributed by atoms with Crippen molar-refractivity contribution >= 4 is 16.9 Å². The lowest BCUT2D eigenvalue weighted by Gasteiger charge is -2.19. The van der Waals surface area contributed by atoms with Gasteiger partial charge in [0.25, 0.3) is 5.91 Å². The number of aromatic nitrogens is 2. The molecule has 0 atom stereocenters. The number of hydrogen-bond acceptors (Lipinski definition) is 2. The molecule has 0 unspecified atom stereocenters. The Kier molecular flexibility index (Phi) is 4.01. The van der Waals surface area contributed by atoms with Crippen LogP contribution in [0.3, 0.4) is 0 Å². The smallest absolute Gasteiger partial charge is 0.323 e. The molecule has 3 rings (SSSR count). The van der Waals surface area contributed by atoms with Crippen molar-refractivity contribution in [2.75, 3.05) is 0 Å². The van der Waals surface area contributed by atoms with Gasteiger partial charge in [0.15, 0.2) is 0 Å². The van der Waals surface area contributed by atoms with Crippen LogP contribution in [0.25, 0.3) is 11.0 Å². The van der Waals surface area contributed by atoms with Crippen molar-refractivity contribution in [1.29, 1.82) is 0 Å². The van der Waals surface area contributed by atoms with Crippen LogP contribution in [0.4, 0.5) is 0 Å². The molecular weight excluding hydrogens is 302 g/mol. The third kappa shape index (κ3) is 3.40. The summed E-state index contributed by atoms with van der Waals surface area (Å²) in [5.41, 5.74) is 4.09. The third-order valence-corrected chi connectivity index (χ3v) is 4.05. The van der Waals surface area contributed by atoms with Crippen molar-refractivity contribution in [2.45, 2.75) is 32.7 Å². The van der Waals surface area contributed by atoms with Crippen molar-refractivity contribution in [3.8, 4) is 0 Å². The molecule has 5 nitrogen and oxygen atoms in total. The van der Waals surface area contributed by atoms with Crippen LogP contribution < -0.4 is 11.0 Å². The quantitative estimate of drug-likeness (QED) is 0.692. The molecular formula is C19H21N3O2. The lowest BCUT2D eigenvalue weighted by molar-refractivity contribution is 0.0951. The Morgan fingerprint density at radius 1 is 1.00 bits per heavy atom. The zero-order valence-corrected chi connectivity index (χ0v) is 14.1. The van der Waals surface area contributed by atoms with Crippen molar-refractivity contribution in [3.63, 3.8) is 0 Å². The monoisotopic (exact) mass is 323 g/mol. The molecule has 3 aromatic rings. The molecule has 0 aliphatic heterocycles. The van der Waals surface area contributed by atoms with Gasteiger partial charge in [-0.25, -0.2) is 4.79 Å². The highest BCUT2D eigenvalue weighted by atomic mass is 16.1. The van der Waals surface area contributed by atoms with E-state index in [2.05, 4.69) is 36.1 Å². The van der Waals surface area contributed by atoms with E-state index in [-0.39, 0.29) is 17.0 Å². The summed E-state index contributed by atoms with van der Waals surface area (Å²) < 4.78 is 0. The minimum absolute atomic E-state index is 0.0674. The summed E-state index contributed by atoms with van der Waals surface area (Å²) in [4.78, 5) is 28.9. The number of aromatic amines is 2. The molecule has 0 saturated heterocycles. The molecule has 0 radical (unpaired) electrons. The summed E-state index contributed by atoms with van der Waals surface area (Å²) in [5, 5.41) is 2.90. The summed E-state index contributed by atoms with van der Waals surface area (Å²) in [7, 11) is 0. The number of benzene rings is 2. The zero-order chi connectivity index (χ0) is 17.3. The lowest BCUT2D eigenvalue weighted by atomic mass is 9.87. The van der Waals surface area contributed by atoms with Crippen LogP contribution in [0.5, 0.6) is 0 Å². The van der Waals surface area contributed by atoms with Gasteiger partial charge in [-0.15, -0.1) is 0 Å². The molecule has 5 heteroatoms. The second-order valence-corrected chi connectivity index (χ2v) is 6.97. The minimum Gasteiger partial charge on any atom is -0.348 e. The number of hydrogen-bond donors (Lipinski definition) is 3. The second kappa shape index (κ2) is 6.00. The zero-order valence-electron chi connectivity index (χ0n) is 14.1. The second-order valence-electron chi connectivity index (χ2n) is 6.97. The first kappa shape index (κ1) is 16.1. The van der Waals surface area contributed by atoms with Crippen LogP contribution in [0.2, 0.25) is 0 Å². The molecule has 1 aromatic heterocycles.